The summed E-state index contributed by atoms with van der Waals surface area (Å²) in [7, 11) is 0. The van der Waals surface area contributed by atoms with Gasteiger partial charge in [-0.25, -0.2) is 8.78 Å². The monoisotopic (exact) mass is 332 g/mol. The number of carbonyl (C=O) groups is 1. The van der Waals surface area contributed by atoms with Gasteiger partial charge in [0.15, 0.2) is 0 Å². The minimum Gasteiger partial charge on any atom is -0.375 e. The molecule has 0 radical (unpaired) electrons. The zero-order valence-corrected chi connectivity index (χ0v) is 11.4. The number of benzene rings is 1. The third kappa shape index (κ3) is 5.77. The van der Waals surface area contributed by atoms with Gasteiger partial charge in [-0.05, 0) is 18.2 Å². The molecule has 0 aromatic heterocycles. The quantitative estimate of drug-likeness (QED) is 0.814. The number of nitrogens with zero attached hydrogens (tertiary/aromatic N) is 1. The summed E-state index contributed by atoms with van der Waals surface area (Å²) in [5, 5.41) is 11.4. The Balaban J connectivity index is 2.47. The number of alkyl halides is 2. The fourth-order valence-electron chi connectivity index (χ4n) is 1.27. The Bertz CT molecular complexity index is 489. The molecule has 19 heavy (non-hydrogen) atoms. The van der Waals surface area contributed by atoms with Crippen LogP contribution >= 0.6 is 15.9 Å². The second-order valence-corrected chi connectivity index (χ2v) is 4.48. The lowest BCUT2D eigenvalue weighted by Crippen LogP contribution is -2.16. The molecule has 0 saturated heterocycles. The summed E-state index contributed by atoms with van der Waals surface area (Å²) in [6.07, 6.45) is -2.59. The van der Waals surface area contributed by atoms with Gasteiger partial charge in [0, 0.05) is 4.47 Å². The highest BCUT2D eigenvalue weighted by Gasteiger charge is 2.08. The van der Waals surface area contributed by atoms with Crippen LogP contribution in [0.15, 0.2) is 22.7 Å². The summed E-state index contributed by atoms with van der Waals surface area (Å²) in [6, 6.07) is 6.79. The lowest BCUT2D eigenvalue weighted by Gasteiger charge is -2.07. The average Bonchev–Trinajstić information content (AvgIpc) is 2.36. The molecule has 0 fully saturated rings. The first kappa shape index (κ1) is 15.5. The first-order valence-corrected chi connectivity index (χ1v) is 6.17. The van der Waals surface area contributed by atoms with Crippen molar-refractivity contribution in [3.05, 3.63) is 28.2 Å². The van der Waals surface area contributed by atoms with Crippen LogP contribution in [0.3, 0.4) is 0 Å². The van der Waals surface area contributed by atoms with E-state index in [1.54, 1.807) is 18.2 Å². The zero-order chi connectivity index (χ0) is 14.3. The van der Waals surface area contributed by atoms with Crippen LogP contribution in [0.2, 0.25) is 0 Å². The number of rotatable bonds is 6. The van der Waals surface area contributed by atoms with Gasteiger partial charge in [-0.15, -0.1) is 0 Å². The summed E-state index contributed by atoms with van der Waals surface area (Å²) >= 11 is 3.21. The van der Waals surface area contributed by atoms with Crippen LogP contribution < -0.4 is 5.32 Å². The molecular weight excluding hydrogens is 322 g/mol. The maximum absolute atomic E-state index is 11.8. The number of amides is 1. The Kier molecular flexibility index (Phi) is 6.39. The van der Waals surface area contributed by atoms with Gasteiger partial charge in [-0.2, -0.15) is 5.26 Å². The first-order chi connectivity index (χ1) is 9.02. The molecule has 1 amide bonds. The van der Waals surface area contributed by atoms with Gasteiger partial charge in [-0.1, -0.05) is 15.9 Å². The van der Waals surface area contributed by atoms with Crippen LogP contribution in [0, 0.1) is 11.3 Å². The van der Waals surface area contributed by atoms with Crippen molar-refractivity contribution < 1.29 is 18.3 Å². The summed E-state index contributed by atoms with van der Waals surface area (Å²) in [5.41, 5.74) is 0.695. The number of halogens is 3. The standard InChI is InChI=1S/C12H11BrF2N2O2/c13-9-1-2-10(8(5-9)6-16)17-12(18)3-4-19-7-11(14)15/h1-2,5,11H,3-4,7H2,(H,17,18). The van der Waals surface area contributed by atoms with Crippen molar-refractivity contribution >= 4 is 27.5 Å². The lowest BCUT2D eigenvalue weighted by atomic mass is 10.2. The predicted octanol–water partition coefficient (Wildman–Crippen LogP) is 2.93. The highest BCUT2D eigenvalue weighted by atomic mass is 79.9. The molecule has 0 unspecified atom stereocenters. The van der Waals surface area contributed by atoms with E-state index in [9.17, 15) is 13.6 Å². The molecule has 1 rings (SSSR count). The van der Waals surface area contributed by atoms with Crippen molar-refractivity contribution in [1.29, 1.82) is 5.26 Å². The van der Waals surface area contributed by atoms with E-state index < -0.39 is 18.9 Å². The van der Waals surface area contributed by atoms with Crippen LogP contribution in [0.25, 0.3) is 0 Å². The summed E-state index contributed by atoms with van der Waals surface area (Å²) in [5.74, 6) is -0.395. The third-order valence-electron chi connectivity index (χ3n) is 2.09. The van der Waals surface area contributed by atoms with E-state index in [0.717, 1.165) is 4.47 Å². The topological polar surface area (TPSA) is 62.1 Å². The SMILES string of the molecule is N#Cc1cc(Br)ccc1NC(=O)CCOCC(F)F. The van der Waals surface area contributed by atoms with Crippen molar-refractivity contribution in [2.75, 3.05) is 18.5 Å². The zero-order valence-electron chi connectivity index (χ0n) is 9.83. The maximum atomic E-state index is 11.8. The van der Waals surface area contributed by atoms with E-state index in [0.29, 0.717) is 11.3 Å². The van der Waals surface area contributed by atoms with Crippen molar-refractivity contribution in [1.82, 2.24) is 0 Å². The van der Waals surface area contributed by atoms with Gasteiger partial charge in [0.2, 0.25) is 5.91 Å². The smallest absolute Gasteiger partial charge is 0.261 e. The van der Waals surface area contributed by atoms with Crippen LogP contribution in [-0.4, -0.2) is 25.5 Å². The van der Waals surface area contributed by atoms with E-state index in [1.807, 2.05) is 6.07 Å². The van der Waals surface area contributed by atoms with E-state index >= 15 is 0 Å². The molecule has 1 N–H and O–H groups in total. The first-order valence-electron chi connectivity index (χ1n) is 5.38. The fourth-order valence-corrected chi connectivity index (χ4v) is 1.63. The van der Waals surface area contributed by atoms with Crippen molar-refractivity contribution in [3.63, 3.8) is 0 Å². The largest absolute Gasteiger partial charge is 0.375 e. The number of hydrogen-bond acceptors (Lipinski definition) is 3. The number of hydrogen-bond donors (Lipinski definition) is 1. The van der Waals surface area contributed by atoms with Crippen molar-refractivity contribution in [3.8, 4) is 6.07 Å². The number of carbonyl (C=O) groups excluding carboxylic acids is 1. The minimum atomic E-state index is -2.54. The van der Waals surface area contributed by atoms with Crippen LogP contribution in [0.1, 0.15) is 12.0 Å². The normalized spacial score (nSPS) is 10.3. The van der Waals surface area contributed by atoms with Crippen LogP contribution in [0.4, 0.5) is 14.5 Å². The Morgan fingerprint density at radius 3 is 2.89 bits per heavy atom. The van der Waals surface area contributed by atoms with Gasteiger partial charge in [0.25, 0.3) is 6.43 Å². The van der Waals surface area contributed by atoms with Crippen molar-refractivity contribution in [2.24, 2.45) is 0 Å². The molecule has 0 bridgehead atoms. The molecule has 1 aromatic rings. The van der Waals surface area contributed by atoms with Crippen LogP contribution in [-0.2, 0) is 9.53 Å². The van der Waals surface area contributed by atoms with Gasteiger partial charge in [0.1, 0.15) is 12.7 Å². The summed E-state index contributed by atoms with van der Waals surface area (Å²) in [6.45, 7) is -0.774. The van der Waals surface area contributed by atoms with Crippen molar-refractivity contribution in [2.45, 2.75) is 12.8 Å². The fraction of sp³-hybridized carbons (Fsp3) is 0.333. The summed E-state index contributed by atoms with van der Waals surface area (Å²) in [4.78, 5) is 11.5. The third-order valence-corrected chi connectivity index (χ3v) is 2.59. The maximum Gasteiger partial charge on any atom is 0.261 e. The average molecular weight is 333 g/mol. The van der Waals surface area contributed by atoms with E-state index in [-0.39, 0.29) is 13.0 Å². The van der Waals surface area contributed by atoms with E-state index in [4.69, 9.17) is 5.26 Å². The molecular formula is C12H11BrF2N2O2. The molecule has 0 atom stereocenters. The summed E-state index contributed by atoms with van der Waals surface area (Å²) < 4.78 is 28.9. The Morgan fingerprint density at radius 1 is 1.53 bits per heavy atom. The van der Waals surface area contributed by atoms with Gasteiger partial charge in [-0.3, -0.25) is 4.79 Å². The highest BCUT2D eigenvalue weighted by molar-refractivity contribution is 9.10. The minimum absolute atomic E-state index is 0.0480. The number of ether oxygens (including phenoxy) is 1. The Morgan fingerprint density at radius 2 is 2.26 bits per heavy atom. The molecule has 0 aliphatic carbocycles. The molecule has 102 valence electrons. The Hall–Kier alpha value is -1.52. The molecule has 0 spiro atoms. The van der Waals surface area contributed by atoms with E-state index in [2.05, 4.69) is 26.0 Å². The number of nitriles is 1. The molecule has 0 aliphatic rings. The number of anilines is 1. The molecule has 0 heterocycles. The van der Waals surface area contributed by atoms with Gasteiger partial charge < -0.3 is 10.1 Å². The van der Waals surface area contributed by atoms with Crippen LogP contribution in [0.5, 0.6) is 0 Å². The molecule has 0 aliphatic heterocycles. The molecule has 7 heteroatoms. The van der Waals surface area contributed by atoms with Gasteiger partial charge in [0.05, 0.1) is 24.3 Å². The Labute approximate surface area is 117 Å². The lowest BCUT2D eigenvalue weighted by molar-refractivity contribution is -0.117. The molecule has 4 nitrogen and oxygen atoms in total. The molecule has 0 saturated carbocycles. The predicted molar refractivity (Wildman–Crippen MR) is 68.9 cm³/mol. The molecule has 1 aromatic carbocycles. The number of nitrogens with one attached hydrogen (secondary N) is 1. The van der Waals surface area contributed by atoms with Gasteiger partial charge >= 0.3 is 0 Å². The second-order valence-electron chi connectivity index (χ2n) is 3.57. The second kappa shape index (κ2) is 7.81. The highest BCUT2D eigenvalue weighted by Crippen LogP contribution is 2.20. The van der Waals surface area contributed by atoms with E-state index in [1.165, 1.54) is 0 Å².